The highest BCUT2D eigenvalue weighted by molar-refractivity contribution is 6.30. The van der Waals surface area contributed by atoms with Gasteiger partial charge >= 0.3 is 5.97 Å². The molecule has 0 amide bonds. The van der Waals surface area contributed by atoms with Gasteiger partial charge in [0.25, 0.3) is 0 Å². The van der Waals surface area contributed by atoms with Crippen molar-refractivity contribution in [2.75, 3.05) is 0 Å². The molecule has 0 heterocycles. The monoisotopic (exact) mass is 213 g/mol. The minimum absolute atomic E-state index is 0.226. The van der Waals surface area contributed by atoms with Crippen molar-refractivity contribution in [2.24, 2.45) is 5.73 Å². The van der Waals surface area contributed by atoms with E-state index in [0.29, 0.717) is 17.0 Å². The molecule has 0 saturated heterocycles. The second kappa shape index (κ2) is 4.44. The summed E-state index contributed by atoms with van der Waals surface area (Å²) in [5, 5.41) is 9.41. The van der Waals surface area contributed by atoms with Gasteiger partial charge in [0.1, 0.15) is 0 Å². The number of nitrogens with two attached hydrogens (primary N) is 1. The zero-order chi connectivity index (χ0) is 10.7. The zero-order valence-corrected chi connectivity index (χ0v) is 8.58. The predicted molar refractivity (Wildman–Crippen MR) is 55.6 cm³/mol. The Hall–Kier alpha value is -1.06. The third-order valence-corrected chi connectivity index (χ3v) is 2.32. The normalized spacial score (nSPS) is 12.5. The van der Waals surface area contributed by atoms with Gasteiger partial charge in [0.05, 0.1) is 5.56 Å². The maximum Gasteiger partial charge on any atom is 0.336 e. The Morgan fingerprint density at radius 1 is 1.64 bits per heavy atom. The number of aromatic carboxylic acids is 1. The summed E-state index contributed by atoms with van der Waals surface area (Å²) in [5.41, 5.74) is 6.60. The number of halogens is 1. The standard InChI is InChI=1S/C10H12ClNO2/c1-2-9(12)8-5-6(11)3-4-7(8)10(13)14/h3-5,9H,2,12H2,1H3,(H,13,14). The molecule has 1 unspecified atom stereocenters. The summed E-state index contributed by atoms with van der Waals surface area (Å²) in [5.74, 6) is -0.972. The van der Waals surface area contributed by atoms with Crippen LogP contribution in [-0.4, -0.2) is 11.1 Å². The fourth-order valence-corrected chi connectivity index (χ4v) is 1.44. The molecule has 3 N–H and O–H groups in total. The molecular formula is C10H12ClNO2. The maximum absolute atomic E-state index is 10.9. The quantitative estimate of drug-likeness (QED) is 0.811. The molecule has 0 bridgehead atoms. The second-order valence-corrected chi connectivity index (χ2v) is 3.49. The van der Waals surface area contributed by atoms with Crippen LogP contribution in [0.25, 0.3) is 0 Å². The number of benzene rings is 1. The molecule has 0 radical (unpaired) electrons. The third kappa shape index (κ3) is 2.25. The van der Waals surface area contributed by atoms with Crippen LogP contribution in [0.1, 0.15) is 35.3 Å². The average molecular weight is 214 g/mol. The lowest BCUT2D eigenvalue weighted by Gasteiger charge is -2.12. The predicted octanol–water partition coefficient (Wildman–Crippen LogP) is 2.45. The van der Waals surface area contributed by atoms with Crippen LogP contribution >= 0.6 is 11.6 Å². The molecule has 0 aliphatic heterocycles. The molecule has 1 atom stereocenters. The Kier molecular flexibility index (Phi) is 3.49. The maximum atomic E-state index is 10.9. The topological polar surface area (TPSA) is 63.3 Å². The molecule has 0 aromatic heterocycles. The molecule has 1 rings (SSSR count). The number of carboxylic acids is 1. The van der Waals surface area contributed by atoms with Crippen LogP contribution in [0, 0.1) is 0 Å². The molecule has 0 spiro atoms. The van der Waals surface area contributed by atoms with E-state index in [-0.39, 0.29) is 11.6 Å². The van der Waals surface area contributed by atoms with E-state index < -0.39 is 5.97 Å². The number of hydrogen-bond donors (Lipinski definition) is 2. The third-order valence-electron chi connectivity index (χ3n) is 2.08. The van der Waals surface area contributed by atoms with Gasteiger partial charge in [-0.05, 0) is 30.2 Å². The molecule has 0 aliphatic carbocycles. The highest BCUT2D eigenvalue weighted by atomic mass is 35.5. The van der Waals surface area contributed by atoms with Crippen LogP contribution in [-0.2, 0) is 0 Å². The highest BCUT2D eigenvalue weighted by Crippen LogP contribution is 2.22. The van der Waals surface area contributed by atoms with E-state index in [2.05, 4.69) is 0 Å². The highest BCUT2D eigenvalue weighted by Gasteiger charge is 2.14. The lowest BCUT2D eigenvalue weighted by atomic mass is 9.99. The summed E-state index contributed by atoms with van der Waals surface area (Å²) in [6.07, 6.45) is 0.681. The van der Waals surface area contributed by atoms with Gasteiger partial charge in [-0.15, -0.1) is 0 Å². The number of carboxylic acid groups (broad SMARTS) is 1. The van der Waals surface area contributed by atoms with E-state index >= 15 is 0 Å². The minimum atomic E-state index is -0.972. The molecule has 1 aromatic carbocycles. The Labute approximate surface area is 87.5 Å². The van der Waals surface area contributed by atoms with Crippen LogP contribution in [0.5, 0.6) is 0 Å². The first kappa shape index (κ1) is 11.0. The lowest BCUT2D eigenvalue weighted by Crippen LogP contribution is -2.13. The molecule has 0 fully saturated rings. The second-order valence-electron chi connectivity index (χ2n) is 3.05. The zero-order valence-electron chi connectivity index (χ0n) is 7.83. The van der Waals surface area contributed by atoms with Crippen LogP contribution < -0.4 is 5.73 Å². The van der Waals surface area contributed by atoms with Crippen LogP contribution in [0.3, 0.4) is 0 Å². The van der Waals surface area contributed by atoms with Gasteiger partial charge in [0.15, 0.2) is 0 Å². The fourth-order valence-electron chi connectivity index (χ4n) is 1.26. The van der Waals surface area contributed by atoms with E-state index in [1.54, 1.807) is 12.1 Å². The Bertz CT molecular complexity index is 352. The van der Waals surface area contributed by atoms with Gasteiger partial charge < -0.3 is 10.8 Å². The van der Waals surface area contributed by atoms with E-state index in [1.165, 1.54) is 6.07 Å². The first-order valence-corrected chi connectivity index (χ1v) is 4.72. The van der Waals surface area contributed by atoms with Gasteiger partial charge in [-0.2, -0.15) is 0 Å². The molecule has 14 heavy (non-hydrogen) atoms. The van der Waals surface area contributed by atoms with Gasteiger partial charge in [-0.3, -0.25) is 0 Å². The van der Waals surface area contributed by atoms with Crippen molar-refractivity contribution in [2.45, 2.75) is 19.4 Å². The van der Waals surface area contributed by atoms with Crippen molar-refractivity contribution in [3.63, 3.8) is 0 Å². The van der Waals surface area contributed by atoms with Crippen molar-refractivity contribution in [3.8, 4) is 0 Å². The van der Waals surface area contributed by atoms with E-state index in [1.807, 2.05) is 6.92 Å². The molecule has 1 aromatic rings. The summed E-state index contributed by atoms with van der Waals surface area (Å²) >= 11 is 5.77. The molecule has 0 saturated carbocycles. The first-order chi connectivity index (χ1) is 6.56. The van der Waals surface area contributed by atoms with E-state index in [0.717, 1.165) is 0 Å². The first-order valence-electron chi connectivity index (χ1n) is 4.34. The average Bonchev–Trinajstić information content (AvgIpc) is 2.16. The van der Waals surface area contributed by atoms with E-state index in [4.69, 9.17) is 22.4 Å². The molecule has 3 nitrogen and oxygen atoms in total. The lowest BCUT2D eigenvalue weighted by molar-refractivity contribution is 0.0695. The Morgan fingerprint density at radius 3 is 2.79 bits per heavy atom. The number of carbonyl (C=O) groups is 1. The van der Waals surface area contributed by atoms with Crippen molar-refractivity contribution in [1.82, 2.24) is 0 Å². The Morgan fingerprint density at radius 2 is 2.29 bits per heavy atom. The summed E-state index contributed by atoms with van der Waals surface area (Å²) in [7, 11) is 0. The number of rotatable bonds is 3. The van der Waals surface area contributed by atoms with Crippen LogP contribution in [0.4, 0.5) is 0 Å². The molecule has 4 heteroatoms. The summed E-state index contributed by atoms with van der Waals surface area (Å²) in [6.45, 7) is 1.90. The summed E-state index contributed by atoms with van der Waals surface area (Å²) in [4.78, 5) is 10.9. The Balaban J connectivity index is 3.22. The van der Waals surface area contributed by atoms with Gasteiger partial charge in [0, 0.05) is 11.1 Å². The van der Waals surface area contributed by atoms with Gasteiger partial charge in [-0.1, -0.05) is 18.5 Å². The van der Waals surface area contributed by atoms with Crippen LogP contribution in [0.2, 0.25) is 5.02 Å². The number of hydrogen-bond acceptors (Lipinski definition) is 2. The van der Waals surface area contributed by atoms with Gasteiger partial charge in [-0.25, -0.2) is 4.79 Å². The summed E-state index contributed by atoms with van der Waals surface area (Å²) < 4.78 is 0. The largest absolute Gasteiger partial charge is 0.478 e. The smallest absolute Gasteiger partial charge is 0.336 e. The van der Waals surface area contributed by atoms with Crippen molar-refractivity contribution in [1.29, 1.82) is 0 Å². The fraction of sp³-hybridized carbons (Fsp3) is 0.300. The van der Waals surface area contributed by atoms with Crippen molar-refractivity contribution < 1.29 is 9.90 Å². The minimum Gasteiger partial charge on any atom is -0.478 e. The van der Waals surface area contributed by atoms with Crippen LogP contribution in [0.15, 0.2) is 18.2 Å². The molecular weight excluding hydrogens is 202 g/mol. The van der Waals surface area contributed by atoms with Gasteiger partial charge in [0.2, 0.25) is 0 Å². The van der Waals surface area contributed by atoms with Crippen molar-refractivity contribution >= 4 is 17.6 Å². The van der Waals surface area contributed by atoms with E-state index in [9.17, 15) is 4.79 Å². The van der Waals surface area contributed by atoms with Crippen molar-refractivity contribution in [3.05, 3.63) is 34.3 Å². The molecule has 76 valence electrons. The summed E-state index contributed by atoms with van der Waals surface area (Å²) in [6, 6.07) is 4.37. The SMILES string of the molecule is CCC(N)c1cc(Cl)ccc1C(=O)O. The molecule has 0 aliphatic rings.